The van der Waals surface area contributed by atoms with E-state index in [-0.39, 0.29) is 11.3 Å². The highest BCUT2D eigenvalue weighted by Gasteiger charge is 2.11. The Kier molecular flexibility index (Phi) is 3.39. The summed E-state index contributed by atoms with van der Waals surface area (Å²) in [5, 5.41) is 12.6. The molecular weight excluding hydrogens is 252 g/mol. The number of nitrogen functional groups attached to an aromatic ring is 1. The SMILES string of the molecule is Nc1cccc(NC(=O)c2ccc(Cl)cc2O)c1. The van der Waals surface area contributed by atoms with Crippen LogP contribution in [0.1, 0.15) is 10.4 Å². The molecule has 0 saturated heterocycles. The van der Waals surface area contributed by atoms with E-state index in [2.05, 4.69) is 5.32 Å². The zero-order valence-electron chi connectivity index (χ0n) is 9.35. The standard InChI is InChI=1S/C13H11ClN2O2/c14-8-4-5-11(12(17)6-8)13(18)16-10-3-1-2-9(15)7-10/h1-7,17H,15H2,(H,16,18). The number of halogens is 1. The van der Waals surface area contributed by atoms with Gasteiger partial charge < -0.3 is 16.2 Å². The Bertz CT molecular complexity index is 599. The van der Waals surface area contributed by atoms with Crippen molar-refractivity contribution in [3.8, 4) is 5.75 Å². The average Bonchev–Trinajstić information content (AvgIpc) is 2.28. The van der Waals surface area contributed by atoms with Crippen LogP contribution in [0.25, 0.3) is 0 Å². The van der Waals surface area contributed by atoms with Crippen molar-refractivity contribution in [1.29, 1.82) is 0 Å². The fourth-order valence-corrected chi connectivity index (χ4v) is 1.68. The minimum atomic E-state index is -0.422. The van der Waals surface area contributed by atoms with E-state index in [4.69, 9.17) is 17.3 Å². The van der Waals surface area contributed by atoms with Gasteiger partial charge in [-0.05, 0) is 36.4 Å². The number of nitrogens with two attached hydrogens (primary N) is 1. The molecule has 0 saturated carbocycles. The second-order valence-corrected chi connectivity index (χ2v) is 4.18. The topological polar surface area (TPSA) is 75.3 Å². The first kappa shape index (κ1) is 12.3. The van der Waals surface area contributed by atoms with Crippen molar-refractivity contribution in [2.45, 2.75) is 0 Å². The quantitative estimate of drug-likeness (QED) is 0.729. The molecule has 4 nitrogen and oxygen atoms in total. The van der Waals surface area contributed by atoms with Crippen LogP contribution in [0.15, 0.2) is 42.5 Å². The van der Waals surface area contributed by atoms with Crippen LogP contribution in [-0.2, 0) is 0 Å². The van der Waals surface area contributed by atoms with Gasteiger partial charge >= 0.3 is 0 Å². The largest absolute Gasteiger partial charge is 0.507 e. The van der Waals surface area contributed by atoms with Crippen LogP contribution in [0.3, 0.4) is 0 Å². The van der Waals surface area contributed by atoms with Gasteiger partial charge in [0.25, 0.3) is 5.91 Å². The van der Waals surface area contributed by atoms with Gasteiger partial charge in [0, 0.05) is 16.4 Å². The van der Waals surface area contributed by atoms with E-state index in [1.54, 1.807) is 24.3 Å². The van der Waals surface area contributed by atoms with Crippen LogP contribution < -0.4 is 11.1 Å². The Hall–Kier alpha value is -2.20. The van der Waals surface area contributed by atoms with Crippen molar-refractivity contribution in [2.75, 3.05) is 11.1 Å². The van der Waals surface area contributed by atoms with Gasteiger partial charge in [0.1, 0.15) is 5.75 Å². The Morgan fingerprint density at radius 3 is 2.67 bits per heavy atom. The average molecular weight is 263 g/mol. The Morgan fingerprint density at radius 1 is 1.22 bits per heavy atom. The van der Waals surface area contributed by atoms with E-state index in [9.17, 15) is 9.90 Å². The van der Waals surface area contributed by atoms with Gasteiger partial charge in [-0.2, -0.15) is 0 Å². The molecule has 0 unspecified atom stereocenters. The molecule has 0 heterocycles. The van der Waals surface area contributed by atoms with Gasteiger partial charge in [0.05, 0.1) is 5.56 Å². The number of nitrogens with one attached hydrogen (secondary N) is 1. The first-order valence-electron chi connectivity index (χ1n) is 5.21. The maximum Gasteiger partial charge on any atom is 0.259 e. The number of amides is 1. The van der Waals surface area contributed by atoms with Crippen molar-refractivity contribution < 1.29 is 9.90 Å². The number of anilines is 2. The summed E-state index contributed by atoms with van der Waals surface area (Å²) in [6.07, 6.45) is 0. The van der Waals surface area contributed by atoms with E-state index in [0.29, 0.717) is 16.4 Å². The molecule has 2 rings (SSSR count). The second kappa shape index (κ2) is 4.98. The first-order valence-corrected chi connectivity index (χ1v) is 5.59. The third-order valence-electron chi connectivity index (χ3n) is 2.35. The van der Waals surface area contributed by atoms with Gasteiger partial charge in [-0.25, -0.2) is 0 Å². The monoisotopic (exact) mass is 262 g/mol. The van der Waals surface area contributed by atoms with Crippen molar-refractivity contribution in [3.63, 3.8) is 0 Å². The highest BCUT2D eigenvalue weighted by molar-refractivity contribution is 6.30. The Morgan fingerprint density at radius 2 is 2.00 bits per heavy atom. The smallest absolute Gasteiger partial charge is 0.259 e. The van der Waals surface area contributed by atoms with Crippen LogP contribution in [-0.4, -0.2) is 11.0 Å². The van der Waals surface area contributed by atoms with Crippen LogP contribution in [0.5, 0.6) is 5.75 Å². The lowest BCUT2D eigenvalue weighted by molar-refractivity contribution is 0.102. The molecule has 18 heavy (non-hydrogen) atoms. The number of phenols is 1. The Balaban J connectivity index is 2.22. The van der Waals surface area contributed by atoms with Crippen LogP contribution in [0.4, 0.5) is 11.4 Å². The summed E-state index contributed by atoms with van der Waals surface area (Å²) in [5.74, 6) is -0.585. The maximum absolute atomic E-state index is 11.9. The molecule has 4 N–H and O–H groups in total. The van der Waals surface area contributed by atoms with Crippen molar-refractivity contribution in [2.24, 2.45) is 0 Å². The van der Waals surface area contributed by atoms with Crippen molar-refractivity contribution in [3.05, 3.63) is 53.1 Å². The van der Waals surface area contributed by atoms with E-state index in [1.807, 2.05) is 0 Å². The summed E-state index contributed by atoms with van der Waals surface area (Å²) in [6, 6.07) is 11.1. The zero-order chi connectivity index (χ0) is 13.1. The summed E-state index contributed by atoms with van der Waals surface area (Å²) < 4.78 is 0. The number of rotatable bonds is 2. The number of hydrogen-bond donors (Lipinski definition) is 3. The lowest BCUT2D eigenvalue weighted by atomic mass is 10.2. The summed E-state index contributed by atoms with van der Waals surface area (Å²) in [6.45, 7) is 0. The molecule has 1 amide bonds. The number of phenolic OH excluding ortho intramolecular Hbond substituents is 1. The summed E-state index contributed by atoms with van der Waals surface area (Å²) in [4.78, 5) is 11.9. The van der Waals surface area contributed by atoms with Gasteiger partial charge in [0.2, 0.25) is 0 Å². The van der Waals surface area contributed by atoms with Gasteiger partial charge in [-0.15, -0.1) is 0 Å². The molecule has 0 aliphatic rings. The number of benzene rings is 2. The fraction of sp³-hybridized carbons (Fsp3) is 0. The number of carbonyl (C=O) groups is 1. The fourth-order valence-electron chi connectivity index (χ4n) is 1.51. The minimum Gasteiger partial charge on any atom is -0.507 e. The van der Waals surface area contributed by atoms with E-state index >= 15 is 0 Å². The van der Waals surface area contributed by atoms with E-state index in [1.165, 1.54) is 18.2 Å². The minimum absolute atomic E-state index is 0.154. The highest BCUT2D eigenvalue weighted by Crippen LogP contribution is 2.23. The molecule has 0 bridgehead atoms. The van der Waals surface area contributed by atoms with Crippen LogP contribution in [0, 0.1) is 0 Å². The maximum atomic E-state index is 11.9. The van der Waals surface area contributed by atoms with Gasteiger partial charge in [-0.1, -0.05) is 17.7 Å². The van der Waals surface area contributed by atoms with Gasteiger partial charge in [0.15, 0.2) is 0 Å². The number of carbonyl (C=O) groups excluding carboxylic acids is 1. The van der Waals surface area contributed by atoms with Crippen molar-refractivity contribution >= 4 is 28.9 Å². The van der Waals surface area contributed by atoms with E-state index in [0.717, 1.165) is 0 Å². The summed E-state index contributed by atoms with van der Waals surface area (Å²) >= 11 is 5.69. The molecular formula is C13H11ClN2O2. The highest BCUT2D eigenvalue weighted by atomic mass is 35.5. The summed E-state index contributed by atoms with van der Waals surface area (Å²) in [7, 11) is 0. The van der Waals surface area contributed by atoms with Crippen LogP contribution >= 0.6 is 11.6 Å². The second-order valence-electron chi connectivity index (χ2n) is 3.74. The molecule has 5 heteroatoms. The summed E-state index contributed by atoms with van der Waals surface area (Å²) in [5.41, 5.74) is 6.87. The molecule has 0 fully saturated rings. The third-order valence-corrected chi connectivity index (χ3v) is 2.58. The van der Waals surface area contributed by atoms with Gasteiger partial charge in [-0.3, -0.25) is 4.79 Å². The molecule has 2 aromatic rings. The van der Waals surface area contributed by atoms with Crippen molar-refractivity contribution in [1.82, 2.24) is 0 Å². The zero-order valence-corrected chi connectivity index (χ0v) is 10.1. The Labute approximate surface area is 109 Å². The number of aromatic hydroxyl groups is 1. The molecule has 92 valence electrons. The predicted molar refractivity (Wildman–Crippen MR) is 71.9 cm³/mol. The normalized spacial score (nSPS) is 10.1. The lowest BCUT2D eigenvalue weighted by Gasteiger charge is -2.07. The molecule has 0 aliphatic carbocycles. The first-order chi connectivity index (χ1) is 8.56. The predicted octanol–water partition coefficient (Wildman–Crippen LogP) is 2.88. The molecule has 0 radical (unpaired) electrons. The van der Waals surface area contributed by atoms with E-state index < -0.39 is 5.91 Å². The molecule has 0 aromatic heterocycles. The third kappa shape index (κ3) is 2.73. The van der Waals surface area contributed by atoms with Crippen LogP contribution in [0.2, 0.25) is 5.02 Å². The number of hydrogen-bond acceptors (Lipinski definition) is 3. The molecule has 0 atom stereocenters. The molecule has 2 aromatic carbocycles. The lowest BCUT2D eigenvalue weighted by Crippen LogP contribution is -2.12. The molecule has 0 aliphatic heterocycles. The molecule has 0 spiro atoms.